The first kappa shape index (κ1) is 14.0. The molecule has 1 aliphatic carbocycles. The minimum absolute atomic E-state index is 0.122. The standard InChI is InChI=1S/C15H26N2S/c1-14(2,3)12-10-18-13(17-12)15(4,16)11-8-6-5-7-9-11/h10-11H,5-9,16H2,1-4H3. The number of hydrogen-bond acceptors (Lipinski definition) is 3. The fourth-order valence-electron chi connectivity index (χ4n) is 2.74. The minimum atomic E-state index is -0.241. The van der Waals surface area contributed by atoms with Gasteiger partial charge in [0.2, 0.25) is 0 Å². The van der Waals surface area contributed by atoms with Crippen LogP contribution in [0.5, 0.6) is 0 Å². The van der Waals surface area contributed by atoms with Crippen molar-refractivity contribution in [2.45, 2.75) is 70.8 Å². The number of rotatable bonds is 2. The van der Waals surface area contributed by atoms with E-state index in [-0.39, 0.29) is 11.0 Å². The zero-order valence-corrected chi connectivity index (χ0v) is 12.9. The molecule has 0 bridgehead atoms. The Morgan fingerprint density at radius 3 is 2.28 bits per heavy atom. The number of nitrogens with two attached hydrogens (primary N) is 1. The molecule has 1 unspecified atom stereocenters. The molecule has 0 spiro atoms. The van der Waals surface area contributed by atoms with Crippen LogP contribution >= 0.6 is 11.3 Å². The first-order valence-electron chi connectivity index (χ1n) is 7.07. The van der Waals surface area contributed by atoms with Gasteiger partial charge in [-0.25, -0.2) is 4.98 Å². The Bertz CT molecular complexity index is 395. The molecule has 18 heavy (non-hydrogen) atoms. The summed E-state index contributed by atoms with van der Waals surface area (Å²) in [6, 6.07) is 0. The summed E-state index contributed by atoms with van der Waals surface area (Å²) in [7, 11) is 0. The van der Waals surface area contributed by atoms with E-state index >= 15 is 0 Å². The molecule has 0 amide bonds. The van der Waals surface area contributed by atoms with Crippen LogP contribution in [-0.4, -0.2) is 4.98 Å². The average molecular weight is 266 g/mol. The van der Waals surface area contributed by atoms with Gasteiger partial charge in [0.1, 0.15) is 5.01 Å². The van der Waals surface area contributed by atoms with Crippen molar-refractivity contribution in [1.29, 1.82) is 0 Å². The highest BCUT2D eigenvalue weighted by atomic mass is 32.1. The summed E-state index contributed by atoms with van der Waals surface area (Å²) in [5.41, 5.74) is 7.67. The Morgan fingerprint density at radius 1 is 1.17 bits per heavy atom. The van der Waals surface area contributed by atoms with Gasteiger partial charge in [-0.15, -0.1) is 11.3 Å². The second-order valence-corrected chi connectivity index (χ2v) is 7.76. The second kappa shape index (κ2) is 4.93. The Morgan fingerprint density at radius 2 is 1.78 bits per heavy atom. The quantitative estimate of drug-likeness (QED) is 0.871. The van der Waals surface area contributed by atoms with Crippen molar-refractivity contribution in [1.82, 2.24) is 4.98 Å². The van der Waals surface area contributed by atoms with Crippen molar-refractivity contribution in [3.05, 3.63) is 16.1 Å². The third-order valence-corrected chi connectivity index (χ3v) is 5.28. The number of aromatic nitrogens is 1. The van der Waals surface area contributed by atoms with Crippen molar-refractivity contribution in [3.63, 3.8) is 0 Å². The maximum Gasteiger partial charge on any atom is 0.113 e. The molecular weight excluding hydrogens is 240 g/mol. The molecule has 0 aromatic carbocycles. The van der Waals surface area contributed by atoms with E-state index in [9.17, 15) is 0 Å². The number of nitrogens with zero attached hydrogens (tertiary/aromatic N) is 1. The summed E-state index contributed by atoms with van der Waals surface area (Å²) in [4.78, 5) is 4.82. The molecule has 1 fully saturated rings. The third kappa shape index (κ3) is 2.77. The van der Waals surface area contributed by atoms with Crippen LogP contribution in [0.15, 0.2) is 5.38 Å². The summed E-state index contributed by atoms with van der Waals surface area (Å²) < 4.78 is 0. The summed E-state index contributed by atoms with van der Waals surface area (Å²) in [5, 5.41) is 3.31. The molecule has 1 saturated carbocycles. The fraction of sp³-hybridized carbons (Fsp3) is 0.800. The molecule has 3 heteroatoms. The lowest BCUT2D eigenvalue weighted by Gasteiger charge is -2.35. The van der Waals surface area contributed by atoms with Gasteiger partial charge >= 0.3 is 0 Å². The second-order valence-electron chi connectivity index (χ2n) is 6.91. The van der Waals surface area contributed by atoms with Gasteiger partial charge in [0.05, 0.1) is 11.2 Å². The maximum atomic E-state index is 6.62. The van der Waals surface area contributed by atoms with Crippen LogP contribution in [0.3, 0.4) is 0 Å². The molecule has 0 radical (unpaired) electrons. The minimum Gasteiger partial charge on any atom is -0.319 e. The van der Waals surface area contributed by atoms with Crippen molar-refractivity contribution in [2.24, 2.45) is 11.7 Å². The largest absolute Gasteiger partial charge is 0.319 e. The monoisotopic (exact) mass is 266 g/mol. The lowest BCUT2D eigenvalue weighted by atomic mass is 9.76. The predicted molar refractivity (Wildman–Crippen MR) is 78.9 cm³/mol. The zero-order valence-electron chi connectivity index (χ0n) is 12.1. The average Bonchev–Trinajstić information content (AvgIpc) is 2.79. The predicted octanol–water partition coefficient (Wildman–Crippen LogP) is 4.19. The Kier molecular flexibility index (Phi) is 3.84. The summed E-state index contributed by atoms with van der Waals surface area (Å²) in [6.07, 6.45) is 6.55. The molecule has 1 atom stereocenters. The molecular formula is C15H26N2S. The van der Waals surface area contributed by atoms with Gasteiger partial charge in [0.15, 0.2) is 0 Å². The first-order valence-corrected chi connectivity index (χ1v) is 7.95. The van der Waals surface area contributed by atoms with Crippen molar-refractivity contribution in [2.75, 3.05) is 0 Å². The van der Waals surface area contributed by atoms with Crippen LogP contribution < -0.4 is 5.73 Å². The van der Waals surface area contributed by atoms with E-state index in [1.54, 1.807) is 11.3 Å². The van der Waals surface area contributed by atoms with Gasteiger partial charge in [0.25, 0.3) is 0 Å². The van der Waals surface area contributed by atoms with E-state index < -0.39 is 0 Å². The summed E-state index contributed by atoms with van der Waals surface area (Å²) in [5.74, 6) is 0.602. The van der Waals surface area contributed by atoms with Crippen molar-refractivity contribution < 1.29 is 0 Å². The molecule has 2 rings (SSSR count). The van der Waals surface area contributed by atoms with Crippen LogP contribution in [0.25, 0.3) is 0 Å². The van der Waals surface area contributed by atoms with Gasteiger partial charge in [-0.3, -0.25) is 0 Å². The normalized spacial score (nSPS) is 21.8. The molecule has 1 aromatic rings. The lowest BCUT2D eigenvalue weighted by Crippen LogP contribution is -2.42. The Labute approximate surface area is 115 Å². The highest BCUT2D eigenvalue weighted by molar-refractivity contribution is 7.09. The number of thiazole rings is 1. The van der Waals surface area contributed by atoms with E-state index in [1.165, 1.54) is 37.8 Å². The van der Waals surface area contributed by atoms with Gasteiger partial charge in [0, 0.05) is 10.8 Å². The topological polar surface area (TPSA) is 38.9 Å². The first-order chi connectivity index (χ1) is 8.32. The Balaban J connectivity index is 2.21. The van der Waals surface area contributed by atoms with E-state index in [0.717, 1.165) is 5.01 Å². The third-order valence-electron chi connectivity index (χ3n) is 4.19. The van der Waals surface area contributed by atoms with Crippen LogP contribution in [-0.2, 0) is 11.0 Å². The van der Waals surface area contributed by atoms with Gasteiger partial charge in [-0.1, -0.05) is 40.0 Å². The van der Waals surface area contributed by atoms with Crippen LogP contribution in [0, 0.1) is 5.92 Å². The van der Waals surface area contributed by atoms with E-state index in [0.29, 0.717) is 5.92 Å². The van der Waals surface area contributed by atoms with Crippen molar-refractivity contribution >= 4 is 11.3 Å². The summed E-state index contributed by atoms with van der Waals surface area (Å²) in [6.45, 7) is 8.80. The van der Waals surface area contributed by atoms with E-state index in [4.69, 9.17) is 10.7 Å². The summed E-state index contributed by atoms with van der Waals surface area (Å²) >= 11 is 1.74. The maximum absolute atomic E-state index is 6.62. The fourth-order valence-corrected chi connectivity index (χ4v) is 3.94. The molecule has 1 aliphatic rings. The van der Waals surface area contributed by atoms with E-state index in [2.05, 4.69) is 33.1 Å². The zero-order chi connectivity index (χ0) is 13.4. The molecule has 0 saturated heterocycles. The van der Waals surface area contributed by atoms with Crippen LogP contribution in [0.2, 0.25) is 0 Å². The highest BCUT2D eigenvalue weighted by Crippen LogP contribution is 2.39. The van der Waals surface area contributed by atoms with E-state index in [1.807, 2.05) is 0 Å². The van der Waals surface area contributed by atoms with Crippen molar-refractivity contribution in [3.8, 4) is 0 Å². The SMILES string of the molecule is CC(C)(C)c1csc(C(C)(N)C2CCCCC2)n1. The van der Waals surface area contributed by atoms with Gasteiger partial charge in [-0.2, -0.15) is 0 Å². The number of hydrogen-bond donors (Lipinski definition) is 1. The van der Waals surface area contributed by atoms with Crippen LogP contribution in [0.1, 0.15) is 70.5 Å². The smallest absolute Gasteiger partial charge is 0.113 e. The van der Waals surface area contributed by atoms with Gasteiger partial charge < -0.3 is 5.73 Å². The molecule has 1 aromatic heterocycles. The van der Waals surface area contributed by atoms with Gasteiger partial charge in [-0.05, 0) is 25.7 Å². The molecule has 1 heterocycles. The molecule has 102 valence electrons. The lowest BCUT2D eigenvalue weighted by molar-refractivity contribution is 0.223. The molecule has 2 nitrogen and oxygen atoms in total. The highest BCUT2D eigenvalue weighted by Gasteiger charge is 2.36. The molecule has 2 N–H and O–H groups in total. The Hall–Kier alpha value is -0.410. The molecule has 0 aliphatic heterocycles. The van der Waals surface area contributed by atoms with Crippen LogP contribution in [0.4, 0.5) is 0 Å².